The molecule has 0 radical (unpaired) electrons. The minimum Gasteiger partial charge on any atom is -0.467 e. The third-order valence-corrected chi connectivity index (χ3v) is 5.54. The van der Waals surface area contributed by atoms with Crippen LogP contribution in [0.25, 0.3) is 0 Å². The van der Waals surface area contributed by atoms with Gasteiger partial charge >= 0.3 is 0 Å². The third kappa shape index (κ3) is 6.36. The number of rotatable bonds is 8. The van der Waals surface area contributed by atoms with Crippen LogP contribution in [0.2, 0.25) is 0 Å². The van der Waals surface area contributed by atoms with Crippen molar-refractivity contribution in [2.24, 2.45) is 0 Å². The molecule has 0 saturated carbocycles. The average molecular weight is 386 g/mol. The summed E-state index contributed by atoms with van der Waals surface area (Å²) in [6.45, 7) is 7.42. The van der Waals surface area contributed by atoms with Crippen molar-refractivity contribution in [1.82, 2.24) is 9.80 Å². The number of anilines is 1. The first-order chi connectivity index (χ1) is 13.2. The molecule has 2 heterocycles. The highest BCUT2D eigenvalue weighted by atomic mass is 32.1. The van der Waals surface area contributed by atoms with Crippen LogP contribution < -0.4 is 5.32 Å². The summed E-state index contributed by atoms with van der Waals surface area (Å²) in [4.78, 5) is 4.79. The van der Waals surface area contributed by atoms with E-state index < -0.39 is 0 Å². The van der Waals surface area contributed by atoms with Crippen molar-refractivity contribution in [3.63, 3.8) is 0 Å². The fourth-order valence-electron chi connectivity index (χ4n) is 3.54. The van der Waals surface area contributed by atoms with Crippen LogP contribution in [0.1, 0.15) is 43.9 Å². The monoisotopic (exact) mass is 385 g/mol. The molecule has 0 aliphatic carbocycles. The maximum atomic E-state index is 5.72. The van der Waals surface area contributed by atoms with Crippen LogP contribution >= 0.6 is 12.2 Å². The fourth-order valence-corrected chi connectivity index (χ4v) is 3.81. The highest BCUT2D eigenvalue weighted by Crippen LogP contribution is 2.14. The molecule has 1 N–H and O–H groups in total. The second-order valence-electron chi connectivity index (χ2n) is 7.24. The molecule has 0 amide bonds. The van der Waals surface area contributed by atoms with Gasteiger partial charge in [0.25, 0.3) is 0 Å². The van der Waals surface area contributed by atoms with E-state index in [1.54, 1.807) is 6.26 Å². The first kappa shape index (κ1) is 19.9. The number of nitrogens with zero attached hydrogens (tertiary/aromatic N) is 2. The van der Waals surface area contributed by atoms with Gasteiger partial charge in [-0.25, -0.2) is 0 Å². The Hall–Kier alpha value is -1.85. The number of aryl methyl sites for hydroxylation is 1. The van der Waals surface area contributed by atoms with Crippen LogP contribution in [0.4, 0.5) is 5.69 Å². The molecule has 1 saturated heterocycles. The number of likely N-dealkylation sites (tertiary alicyclic amines) is 1. The molecule has 2 aromatic rings. The highest BCUT2D eigenvalue weighted by molar-refractivity contribution is 7.80. The van der Waals surface area contributed by atoms with E-state index in [9.17, 15) is 0 Å². The zero-order valence-electron chi connectivity index (χ0n) is 16.3. The predicted molar refractivity (Wildman–Crippen MR) is 116 cm³/mol. The lowest BCUT2D eigenvalue weighted by molar-refractivity contribution is 0.217. The van der Waals surface area contributed by atoms with Crippen molar-refractivity contribution < 1.29 is 4.42 Å². The first-order valence-corrected chi connectivity index (χ1v) is 10.5. The van der Waals surface area contributed by atoms with Gasteiger partial charge in [-0.15, -0.1) is 0 Å². The molecular weight excluding hydrogens is 354 g/mol. The maximum absolute atomic E-state index is 5.72. The molecule has 27 heavy (non-hydrogen) atoms. The Bertz CT molecular complexity index is 678. The van der Waals surface area contributed by atoms with E-state index >= 15 is 0 Å². The molecule has 146 valence electrons. The summed E-state index contributed by atoms with van der Waals surface area (Å²) in [7, 11) is 0. The number of nitrogens with one attached hydrogen (secondary N) is 1. The van der Waals surface area contributed by atoms with Gasteiger partial charge < -0.3 is 19.5 Å². The van der Waals surface area contributed by atoms with E-state index in [1.165, 1.54) is 37.9 Å². The summed E-state index contributed by atoms with van der Waals surface area (Å²) in [6, 6.07) is 12.4. The molecule has 1 aliphatic heterocycles. The Morgan fingerprint density at radius 2 is 1.93 bits per heavy atom. The van der Waals surface area contributed by atoms with Crippen molar-refractivity contribution in [2.45, 2.75) is 45.6 Å². The second-order valence-corrected chi connectivity index (χ2v) is 7.62. The molecule has 3 rings (SSSR count). The van der Waals surface area contributed by atoms with E-state index in [0.717, 1.165) is 42.5 Å². The Kier molecular flexibility index (Phi) is 7.72. The number of benzene rings is 1. The number of piperidine rings is 1. The fraction of sp³-hybridized carbons (Fsp3) is 0.500. The zero-order chi connectivity index (χ0) is 18.9. The van der Waals surface area contributed by atoms with Gasteiger partial charge in [0.1, 0.15) is 5.76 Å². The lowest BCUT2D eigenvalue weighted by Gasteiger charge is -2.29. The molecule has 4 nitrogen and oxygen atoms in total. The third-order valence-electron chi connectivity index (χ3n) is 5.18. The summed E-state index contributed by atoms with van der Waals surface area (Å²) < 4.78 is 5.55. The minimum atomic E-state index is 0.700. The Balaban J connectivity index is 1.56. The average Bonchev–Trinajstić information content (AvgIpc) is 3.22. The molecule has 1 aromatic heterocycles. The van der Waals surface area contributed by atoms with E-state index in [2.05, 4.69) is 46.3 Å². The molecule has 1 aliphatic rings. The Labute approximate surface area is 168 Å². The summed E-state index contributed by atoms with van der Waals surface area (Å²) in [5, 5.41) is 4.15. The summed E-state index contributed by atoms with van der Waals surface area (Å²) in [6.07, 6.45) is 7.93. The Morgan fingerprint density at radius 1 is 1.15 bits per heavy atom. The molecule has 5 heteroatoms. The van der Waals surface area contributed by atoms with Crippen LogP contribution in [-0.2, 0) is 13.0 Å². The molecule has 0 spiro atoms. The lowest BCUT2D eigenvalue weighted by Crippen LogP contribution is -2.37. The maximum Gasteiger partial charge on any atom is 0.173 e. The topological polar surface area (TPSA) is 31.6 Å². The van der Waals surface area contributed by atoms with Crippen molar-refractivity contribution in [3.05, 3.63) is 54.0 Å². The SMILES string of the molecule is CCc1ccc(NC(=S)N(CCCN2CCCCC2)Cc2ccco2)cc1. The van der Waals surface area contributed by atoms with E-state index in [1.807, 2.05) is 12.1 Å². The quantitative estimate of drug-likeness (QED) is 0.652. The number of thiocarbonyl (C=S) groups is 1. The standard InChI is InChI=1S/C22H31N3OS/c1-2-19-9-11-20(12-10-19)23-22(27)25(18-21-8-6-17-26-21)16-7-15-24-13-4-3-5-14-24/h6,8-12,17H,2-5,7,13-16,18H2,1H3,(H,23,27). The molecule has 1 fully saturated rings. The van der Waals surface area contributed by atoms with E-state index in [4.69, 9.17) is 16.6 Å². The van der Waals surface area contributed by atoms with Crippen LogP contribution in [0.15, 0.2) is 47.1 Å². The van der Waals surface area contributed by atoms with Crippen molar-refractivity contribution >= 4 is 23.0 Å². The first-order valence-electron chi connectivity index (χ1n) is 10.1. The summed E-state index contributed by atoms with van der Waals surface area (Å²) >= 11 is 5.72. The molecule has 0 atom stereocenters. The van der Waals surface area contributed by atoms with Gasteiger partial charge in [-0.2, -0.15) is 0 Å². The summed E-state index contributed by atoms with van der Waals surface area (Å²) in [5.74, 6) is 0.943. The normalized spacial score (nSPS) is 14.9. The molecular formula is C22H31N3OS. The van der Waals surface area contributed by atoms with Crippen LogP contribution in [0, 0.1) is 0 Å². The summed E-state index contributed by atoms with van der Waals surface area (Å²) in [5.41, 5.74) is 2.37. The van der Waals surface area contributed by atoms with Crippen LogP contribution in [0.3, 0.4) is 0 Å². The highest BCUT2D eigenvalue weighted by Gasteiger charge is 2.14. The second kappa shape index (κ2) is 10.5. The molecule has 0 unspecified atom stereocenters. The van der Waals surface area contributed by atoms with Gasteiger partial charge in [-0.05, 0) is 87.4 Å². The van der Waals surface area contributed by atoms with E-state index in [0.29, 0.717) is 6.54 Å². The number of furan rings is 1. The van der Waals surface area contributed by atoms with Crippen molar-refractivity contribution in [2.75, 3.05) is 31.5 Å². The van der Waals surface area contributed by atoms with Crippen LogP contribution in [-0.4, -0.2) is 41.1 Å². The minimum absolute atomic E-state index is 0.700. The molecule has 0 bridgehead atoms. The van der Waals surface area contributed by atoms with Crippen molar-refractivity contribution in [3.8, 4) is 0 Å². The molecule has 1 aromatic carbocycles. The number of hydrogen-bond donors (Lipinski definition) is 1. The van der Waals surface area contributed by atoms with Gasteiger partial charge in [0.05, 0.1) is 12.8 Å². The van der Waals surface area contributed by atoms with Crippen LogP contribution in [0.5, 0.6) is 0 Å². The van der Waals surface area contributed by atoms with Gasteiger partial charge in [0.15, 0.2) is 5.11 Å². The van der Waals surface area contributed by atoms with Crippen molar-refractivity contribution in [1.29, 1.82) is 0 Å². The smallest absolute Gasteiger partial charge is 0.173 e. The van der Waals surface area contributed by atoms with Gasteiger partial charge in [0, 0.05) is 12.2 Å². The Morgan fingerprint density at radius 3 is 2.59 bits per heavy atom. The van der Waals surface area contributed by atoms with Gasteiger partial charge in [-0.1, -0.05) is 25.5 Å². The predicted octanol–water partition coefficient (Wildman–Crippen LogP) is 4.92. The van der Waals surface area contributed by atoms with E-state index in [-0.39, 0.29) is 0 Å². The van der Waals surface area contributed by atoms with Gasteiger partial charge in [0.2, 0.25) is 0 Å². The number of hydrogen-bond acceptors (Lipinski definition) is 3. The van der Waals surface area contributed by atoms with Gasteiger partial charge in [-0.3, -0.25) is 0 Å². The largest absolute Gasteiger partial charge is 0.467 e. The lowest BCUT2D eigenvalue weighted by atomic mass is 10.1. The zero-order valence-corrected chi connectivity index (χ0v) is 17.1.